The van der Waals surface area contributed by atoms with Gasteiger partial charge >= 0.3 is 0 Å². The molecule has 0 saturated heterocycles. The highest BCUT2D eigenvalue weighted by molar-refractivity contribution is 14.1. The number of thioether (sulfide) groups is 1. The fraction of sp³-hybridized carbons (Fsp3) is 0.188. The van der Waals surface area contributed by atoms with Crippen LogP contribution in [0.15, 0.2) is 35.5 Å². The summed E-state index contributed by atoms with van der Waals surface area (Å²) in [6, 6.07) is 10.1. The Bertz CT molecular complexity index is 1030. The Hall–Kier alpha value is -1.81. The lowest BCUT2D eigenvalue weighted by Gasteiger charge is -2.08. The zero-order valence-electron chi connectivity index (χ0n) is 13.1. The molecular weight excluding hydrogens is 437 g/mol. The van der Waals surface area contributed by atoms with Crippen molar-refractivity contribution in [2.75, 3.05) is 6.26 Å². The van der Waals surface area contributed by atoms with Gasteiger partial charge in [0.1, 0.15) is 10.3 Å². The molecule has 6 nitrogen and oxygen atoms in total. The molecule has 4 aromatic rings. The summed E-state index contributed by atoms with van der Waals surface area (Å²) in [5.74, 6) is 0.595. The molecule has 0 amide bonds. The average molecular weight is 451 g/mol. The fourth-order valence-corrected chi connectivity index (χ4v) is 3.65. The number of aromatic nitrogens is 5. The van der Waals surface area contributed by atoms with Crippen LogP contribution >= 0.6 is 34.4 Å². The molecule has 0 radical (unpaired) electrons. The molecule has 0 aliphatic carbocycles. The van der Waals surface area contributed by atoms with Gasteiger partial charge in [0.15, 0.2) is 16.5 Å². The molecule has 8 heteroatoms. The molecule has 24 heavy (non-hydrogen) atoms. The number of fused-ring (bicyclic) bond motifs is 3. The number of aryl methyl sites for hydroxylation is 1. The number of halogens is 1. The van der Waals surface area contributed by atoms with E-state index in [2.05, 4.69) is 42.8 Å². The van der Waals surface area contributed by atoms with Crippen LogP contribution in [0.2, 0.25) is 0 Å². The van der Waals surface area contributed by atoms with E-state index in [1.54, 1.807) is 0 Å². The van der Waals surface area contributed by atoms with Crippen molar-refractivity contribution in [2.24, 2.45) is 7.05 Å². The minimum Gasteiger partial charge on any atom is -0.472 e. The lowest BCUT2D eigenvalue weighted by atomic mass is 10.2. The Balaban J connectivity index is 1.89. The van der Waals surface area contributed by atoms with Gasteiger partial charge in [-0.1, -0.05) is 42.1 Å². The van der Waals surface area contributed by atoms with Crippen molar-refractivity contribution in [1.82, 2.24) is 24.7 Å². The number of aromatic amines is 1. The smallest absolute Gasteiger partial charge is 0.228 e. The minimum atomic E-state index is 0.464. The molecular formula is C16H14IN5OS. The number of nitrogens with one attached hydrogen (secondary N) is 1. The highest BCUT2D eigenvalue weighted by Crippen LogP contribution is 2.35. The molecule has 0 unspecified atom stereocenters. The van der Waals surface area contributed by atoms with E-state index in [-0.39, 0.29) is 0 Å². The SMILES string of the molecule is CSc1nc(OCc2ccccc2)c2c3c(I)[nH]nc3n(C)c2n1. The van der Waals surface area contributed by atoms with Gasteiger partial charge in [-0.25, -0.2) is 4.98 Å². The van der Waals surface area contributed by atoms with Crippen molar-refractivity contribution in [3.63, 3.8) is 0 Å². The van der Waals surface area contributed by atoms with Gasteiger partial charge in [0.2, 0.25) is 5.88 Å². The van der Waals surface area contributed by atoms with Crippen LogP contribution in [-0.2, 0) is 13.7 Å². The van der Waals surface area contributed by atoms with Crippen LogP contribution in [0.3, 0.4) is 0 Å². The van der Waals surface area contributed by atoms with Crippen LogP contribution in [0.5, 0.6) is 5.88 Å². The van der Waals surface area contributed by atoms with E-state index >= 15 is 0 Å². The Labute approximate surface area is 156 Å². The quantitative estimate of drug-likeness (QED) is 0.291. The van der Waals surface area contributed by atoms with Crippen molar-refractivity contribution < 1.29 is 4.74 Å². The third kappa shape index (κ3) is 2.53. The van der Waals surface area contributed by atoms with E-state index in [4.69, 9.17) is 4.74 Å². The lowest BCUT2D eigenvalue weighted by molar-refractivity contribution is 0.295. The van der Waals surface area contributed by atoms with Gasteiger partial charge < -0.3 is 9.30 Å². The average Bonchev–Trinajstić information content (AvgIpc) is 3.13. The van der Waals surface area contributed by atoms with Gasteiger partial charge in [0.25, 0.3) is 0 Å². The molecule has 0 saturated carbocycles. The summed E-state index contributed by atoms with van der Waals surface area (Å²) in [4.78, 5) is 9.23. The Morgan fingerprint density at radius 1 is 1.17 bits per heavy atom. The van der Waals surface area contributed by atoms with E-state index in [0.29, 0.717) is 17.6 Å². The molecule has 122 valence electrons. The van der Waals surface area contributed by atoms with Gasteiger partial charge in [-0.15, -0.1) is 0 Å². The normalized spacial score (nSPS) is 11.5. The summed E-state index contributed by atoms with van der Waals surface area (Å²) < 4.78 is 9.00. The van der Waals surface area contributed by atoms with Crippen molar-refractivity contribution in [3.05, 3.63) is 39.6 Å². The molecule has 3 aromatic heterocycles. The van der Waals surface area contributed by atoms with Crippen molar-refractivity contribution in [2.45, 2.75) is 11.8 Å². The van der Waals surface area contributed by atoms with Crippen LogP contribution in [0.1, 0.15) is 5.56 Å². The summed E-state index contributed by atoms with van der Waals surface area (Å²) >= 11 is 3.74. The predicted molar refractivity (Wildman–Crippen MR) is 103 cm³/mol. The molecule has 3 heterocycles. The molecule has 0 fully saturated rings. The summed E-state index contributed by atoms with van der Waals surface area (Å²) in [7, 11) is 1.96. The van der Waals surface area contributed by atoms with Crippen molar-refractivity contribution in [1.29, 1.82) is 0 Å². The number of ether oxygens (including phenoxy) is 1. The van der Waals surface area contributed by atoms with Gasteiger partial charge in [-0.05, 0) is 34.4 Å². The number of rotatable bonds is 4. The molecule has 0 aliphatic rings. The second kappa shape index (κ2) is 6.25. The highest BCUT2D eigenvalue weighted by Gasteiger charge is 2.21. The van der Waals surface area contributed by atoms with Crippen LogP contribution < -0.4 is 4.74 Å². The van der Waals surface area contributed by atoms with Crippen LogP contribution in [-0.4, -0.2) is 31.0 Å². The molecule has 1 aromatic carbocycles. The third-order valence-corrected chi connectivity index (χ3v) is 5.15. The van der Waals surface area contributed by atoms with E-state index in [1.165, 1.54) is 11.8 Å². The van der Waals surface area contributed by atoms with Crippen LogP contribution in [0.4, 0.5) is 0 Å². The summed E-state index contributed by atoms with van der Waals surface area (Å²) in [6.07, 6.45) is 1.96. The largest absolute Gasteiger partial charge is 0.472 e. The molecule has 0 spiro atoms. The zero-order chi connectivity index (χ0) is 16.7. The summed E-state index contributed by atoms with van der Waals surface area (Å²) in [5.41, 5.74) is 2.79. The van der Waals surface area contributed by atoms with Crippen molar-refractivity contribution >= 4 is 56.4 Å². The van der Waals surface area contributed by atoms with Crippen LogP contribution in [0, 0.1) is 3.70 Å². The molecule has 0 aliphatic heterocycles. The summed E-state index contributed by atoms with van der Waals surface area (Å²) in [6.45, 7) is 0.464. The molecule has 0 atom stereocenters. The second-order valence-corrected chi connectivity index (χ2v) is 7.14. The lowest BCUT2D eigenvalue weighted by Crippen LogP contribution is -2.01. The predicted octanol–water partition coefficient (Wildman–Crippen LogP) is 3.75. The first-order valence-electron chi connectivity index (χ1n) is 7.29. The first-order valence-corrected chi connectivity index (χ1v) is 9.60. The topological polar surface area (TPSA) is 68.6 Å². The van der Waals surface area contributed by atoms with E-state index in [9.17, 15) is 0 Å². The zero-order valence-corrected chi connectivity index (χ0v) is 16.1. The standard InChI is InChI=1S/C16H14IN5OS/c1-22-13-11(10-12(17)20-21-14(10)22)15(19-16(18-13)24-2)23-8-9-6-4-3-5-7-9/h3-7H,8H2,1-2H3,(H,20,21). The van der Waals surface area contributed by atoms with E-state index < -0.39 is 0 Å². The number of H-pyrrole nitrogens is 1. The summed E-state index contributed by atoms with van der Waals surface area (Å²) in [5, 5.41) is 9.98. The van der Waals surface area contributed by atoms with Crippen molar-refractivity contribution in [3.8, 4) is 5.88 Å². The van der Waals surface area contributed by atoms with Gasteiger partial charge in [0.05, 0.1) is 10.8 Å². The highest BCUT2D eigenvalue weighted by atomic mass is 127. The first kappa shape index (κ1) is 15.7. The number of nitrogens with zero attached hydrogens (tertiary/aromatic N) is 4. The van der Waals surface area contributed by atoms with Gasteiger partial charge in [-0.3, -0.25) is 5.10 Å². The molecule has 0 bridgehead atoms. The monoisotopic (exact) mass is 451 g/mol. The Morgan fingerprint density at radius 3 is 2.71 bits per heavy atom. The maximum Gasteiger partial charge on any atom is 0.228 e. The first-order chi connectivity index (χ1) is 11.7. The minimum absolute atomic E-state index is 0.464. The number of benzene rings is 1. The van der Waals surface area contributed by atoms with Gasteiger partial charge in [-0.2, -0.15) is 10.1 Å². The molecule has 4 rings (SSSR count). The van der Waals surface area contributed by atoms with E-state index in [1.807, 2.05) is 48.2 Å². The maximum absolute atomic E-state index is 6.07. The van der Waals surface area contributed by atoms with Crippen LogP contribution in [0.25, 0.3) is 22.1 Å². The van der Waals surface area contributed by atoms with E-state index in [0.717, 1.165) is 31.3 Å². The second-order valence-electron chi connectivity index (χ2n) is 5.28. The number of hydrogen-bond donors (Lipinski definition) is 1. The Kier molecular flexibility index (Phi) is 4.09. The maximum atomic E-state index is 6.07. The molecule has 1 N–H and O–H groups in total. The third-order valence-electron chi connectivity index (χ3n) is 3.83. The number of hydrogen-bond acceptors (Lipinski definition) is 5. The van der Waals surface area contributed by atoms with Gasteiger partial charge in [0, 0.05) is 7.05 Å². The Morgan fingerprint density at radius 2 is 1.96 bits per heavy atom. The fourth-order valence-electron chi connectivity index (χ4n) is 2.67.